The van der Waals surface area contributed by atoms with Gasteiger partial charge >= 0.3 is 6.03 Å². The summed E-state index contributed by atoms with van der Waals surface area (Å²) in [6, 6.07) is 5.16. The topological polar surface area (TPSA) is 74.2 Å². The predicted octanol–water partition coefficient (Wildman–Crippen LogP) is 1.67. The molecule has 0 saturated heterocycles. The monoisotopic (exact) mass is 267 g/mol. The molecule has 0 bridgehead atoms. The van der Waals surface area contributed by atoms with Crippen LogP contribution in [0.15, 0.2) is 29.4 Å². The van der Waals surface area contributed by atoms with Gasteiger partial charge in [0.2, 0.25) is 0 Å². The van der Waals surface area contributed by atoms with E-state index in [4.69, 9.17) is 10.0 Å². The molecule has 2 amide bonds. The van der Waals surface area contributed by atoms with Crippen LogP contribution >= 0.6 is 0 Å². The fraction of sp³-hybridized carbons (Fsp3) is 0.333. The standard InChI is InChI=1S/C12H14FN3O3/c1-7-10(8-3-5-9(13)6-4-8)11(15-19-7)14-12(17)16(2)18/h3-7,10,18H,1-2H3,(H,14,15,17). The first kappa shape index (κ1) is 13.3. The summed E-state index contributed by atoms with van der Waals surface area (Å²) in [5, 5.41) is 15.6. The number of hydroxylamine groups is 2. The summed E-state index contributed by atoms with van der Waals surface area (Å²) in [4.78, 5) is 16.5. The Balaban J connectivity index is 2.20. The maximum absolute atomic E-state index is 12.9. The molecule has 2 rings (SSSR count). The van der Waals surface area contributed by atoms with Gasteiger partial charge in [0.15, 0.2) is 5.84 Å². The smallest absolute Gasteiger partial charge is 0.346 e. The number of nitrogens with one attached hydrogen (secondary N) is 1. The van der Waals surface area contributed by atoms with Crippen molar-refractivity contribution >= 4 is 11.9 Å². The number of halogens is 1. The number of nitrogens with zero attached hydrogens (tertiary/aromatic N) is 2. The molecule has 0 radical (unpaired) electrons. The predicted molar refractivity (Wildman–Crippen MR) is 65.2 cm³/mol. The molecule has 102 valence electrons. The summed E-state index contributed by atoms with van der Waals surface area (Å²) in [6.07, 6.45) is -0.287. The summed E-state index contributed by atoms with van der Waals surface area (Å²) in [5.74, 6) is -0.373. The molecule has 0 aromatic heterocycles. The van der Waals surface area contributed by atoms with Crippen LogP contribution < -0.4 is 5.32 Å². The van der Waals surface area contributed by atoms with Crippen molar-refractivity contribution in [2.24, 2.45) is 5.16 Å². The van der Waals surface area contributed by atoms with E-state index in [0.29, 0.717) is 5.06 Å². The van der Waals surface area contributed by atoms with Crippen molar-refractivity contribution in [3.63, 3.8) is 0 Å². The van der Waals surface area contributed by atoms with Crippen LogP contribution in [0.5, 0.6) is 0 Å². The molecule has 1 aromatic carbocycles. The molecule has 1 heterocycles. The Hall–Kier alpha value is -2.15. The van der Waals surface area contributed by atoms with Gasteiger partial charge in [-0.1, -0.05) is 17.3 Å². The Labute approximate surface area is 109 Å². The quantitative estimate of drug-likeness (QED) is 0.600. The minimum absolute atomic E-state index is 0.282. The van der Waals surface area contributed by atoms with E-state index < -0.39 is 6.03 Å². The van der Waals surface area contributed by atoms with Crippen molar-refractivity contribution in [1.82, 2.24) is 10.4 Å². The lowest BCUT2D eigenvalue weighted by Gasteiger charge is -2.17. The summed E-state index contributed by atoms with van der Waals surface area (Å²) >= 11 is 0. The fourth-order valence-corrected chi connectivity index (χ4v) is 1.87. The van der Waals surface area contributed by atoms with Crippen LogP contribution in [0.4, 0.5) is 9.18 Å². The van der Waals surface area contributed by atoms with E-state index in [-0.39, 0.29) is 23.7 Å². The normalized spacial score (nSPS) is 21.6. The molecule has 2 N–H and O–H groups in total. The third-order valence-corrected chi connectivity index (χ3v) is 2.84. The van der Waals surface area contributed by atoms with Crippen molar-refractivity contribution in [1.29, 1.82) is 0 Å². The SMILES string of the molecule is CC1ON=C(NC(=O)N(C)O)C1c1ccc(F)cc1. The average molecular weight is 267 g/mol. The van der Waals surface area contributed by atoms with Gasteiger partial charge in [0.25, 0.3) is 0 Å². The number of hydrogen-bond donors (Lipinski definition) is 2. The van der Waals surface area contributed by atoms with Gasteiger partial charge < -0.3 is 4.84 Å². The lowest BCUT2D eigenvalue weighted by molar-refractivity contribution is -0.0163. The number of urea groups is 1. The molecule has 0 fully saturated rings. The Kier molecular flexibility index (Phi) is 3.66. The summed E-state index contributed by atoms with van der Waals surface area (Å²) in [6.45, 7) is 1.79. The van der Waals surface area contributed by atoms with Gasteiger partial charge in [0.05, 0.1) is 5.92 Å². The van der Waals surface area contributed by atoms with Crippen molar-refractivity contribution in [3.8, 4) is 0 Å². The molecular weight excluding hydrogens is 253 g/mol. The third-order valence-electron chi connectivity index (χ3n) is 2.84. The van der Waals surface area contributed by atoms with Crippen LogP contribution in [-0.2, 0) is 4.84 Å². The fourth-order valence-electron chi connectivity index (χ4n) is 1.87. The Morgan fingerprint density at radius 2 is 2.11 bits per heavy atom. The summed E-state index contributed by atoms with van der Waals surface area (Å²) in [7, 11) is 1.20. The van der Waals surface area contributed by atoms with E-state index in [9.17, 15) is 9.18 Å². The molecule has 1 aliphatic heterocycles. The molecule has 1 aliphatic rings. The van der Waals surface area contributed by atoms with E-state index in [1.807, 2.05) is 0 Å². The number of oxime groups is 1. The molecule has 7 heteroatoms. The second-order valence-corrected chi connectivity index (χ2v) is 4.27. The van der Waals surface area contributed by atoms with Gasteiger partial charge in [-0.3, -0.25) is 10.5 Å². The first-order chi connectivity index (χ1) is 8.99. The van der Waals surface area contributed by atoms with Crippen LogP contribution in [0, 0.1) is 5.82 Å². The Bertz CT molecular complexity index is 501. The van der Waals surface area contributed by atoms with Gasteiger partial charge in [-0.25, -0.2) is 14.2 Å². The van der Waals surface area contributed by atoms with Gasteiger partial charge in [-0.15, -0.1) is 0 Å². The summed E-state index contributed by atoms with van der Waals surface area (Å²) < 4.78 is 12.9. The lowest BCUT2D eigenvalue weighted by Crippen LogP contribution is -2.41. The van der Waals surface area contributed by atoms with Crippen molar-refractivity contribution in [2.75, 3.05) is 7.05 Å². The largest absolute Gasteiger partial charge is 0.390 e. The van der Waals surface area contributed by atoms with Gasteiger partial charge in [0, 0.05) is 7.05 Å². The molecule has 0 aliphatic carbocycles. The number of amides is 2. The Morgan fingerprint density at radius 3 is 2.68 bits per heavy atom. The average Bonchev–Trinajstić information content (AvgIpc) is 2.72. The number of carbonyl (C=O) groups is 1. The molecule has 2 atom stereocenters. The van der Waals surface area contributed by atoms with E-state index in [2.05, 4.69) is 10.5 Å². The van der Waals surface area contributed by atoms with Crippen LogP contribution in [0.2, 0.25) is 0 Å². The van der Waals surface area contributed by atoms with Crippen molar-refractivity contribution in [3.05, 3.63) is 35.6 Å². The van der Waals surface area contributed by atoms with E-state index in [1.165, 1.54) is 19.2 Å². The number of benzene rings is 1. The maximum Gasteiger partial charge on any atom is 0.346 e. The van der Waals surface area contributed by atoms with E-state index in [0.717, 1.165) is 5.56 Å². The zero-order chi connectivity index (χ0) is 14.0. The minimum atomic E-state index is -0.719. The summed E-state index contributed by atoms with van der Waals surface area (Å²) in [5.41, 5.74) is 0.769. The second kappa shape index (κ2) is 5.23. The first-order valence-electron chi connectivity index (χ1n) is 5.72. The van der Waals surface area contributed by atoms with Crippen LogP contribution in [-0.4, -0.2) is 35.3 Å². The molecule has 0 saturated carbocycles. The highest BCUT2D eigenvalue weighted by atomic mass is 19.1. The molecular formula is C12H14FN3O3. The number of hydrogen-bond acceptors (Lipinski definition) is 4. The van der Waals surface area contributed by atoms with Gasteiger partial charge in [0.1, 0.15) is 11.9 Å². The van der Waals surface area contributed by atoms with Gasteiger partial charge in [-0.05, 0) is 24.6 Å². The third kappa shape index (κ3) is 2.82. The second-order valence-electron chi connectivity index (χ2n) is 4.27. The zero-order valence-corrected chi connectivity index (χ0v) is 10.5. The highest BCUT2D eigenvalue weighted by molar-refractivity contribution is 6.01. The minimum Gasteiger partial charge on any atom is -0.390 e. The van der Waals surface area contributed by atoms with E-state index in [1.54, 1.807) is 19.1 Å². The first-order valence-corrected chi connectivity index (χ1v) is 5.72. The number of rotatable bonds is 1. The maximum atomic E-state index is 12.9. The van der Waals surface area contributed by atoms with Crippen LogP contribution in [0.3, 0.4) is 0 Å². The van der Waals surface area contributed by atoms with Crippen LogP contribution in [0.25, 0.3) is 0 Å². The molecule has 19 heavy (non-hydrogen) atoms. The molecule has 2 unspecified atom stereocenters. The van der Waals surface area contributed by atoms with Crippen LogP contribution in [0.1, 0.15) is 18.4 Å². The Morgan fingerprint density at radius 1 is 1.47 bits per heavy atom. The van der Waals surface area contributed by atoms with E-state index >= 15 is 0 Å². The highest BCUT2D eigenvalue weighted by Crippen LogP contribution is 2.28. The number of carbonyl (C=O) groups excluding carboxylic acids is 1. The molecule has 6 nitrogen and oxygen atoms in total. The van der Waals surface area contributed by atoms with Crippen molar-refractivity contribution < 1.29 is 19.2 Å². The van der Waals surface area contributed by atoms with Crippen molar-refractivity contribution in [2.45, 2.75) is 18.9 Å². The zero-order valence-electron chi connectivity index (χ0n) is 10.5. The molecule has 0 spiro atoms. The highest BCUT2D eigenvalue weighted by Gasteiger charge is 2.33. The van der Waals surface area contributed by atoms with Gasteiger partial charge in [-0.2, -0.15) is 0 Å². The molecule has 1 aromatic rings. The number of amidine groups is 1. The lowest BCUT2D eigenvalue weighted by atomic mass is 9.93.